The van der Waals surface area contributed by atoms with Crippen LogP contribution < -0.4 is 5.32 Å². The number of carbonyl (C=O) groups is 1. The van der Waals surface area contributed by atoms with Crippen LogP contribution in [0, 0.1) is 11.8 Å². The zero-order valence-corrected chi connectivity index (χ0v) is 19.9. The molecule has 0 aromatic carbocycles. The second kappa shape index (κ2) is 11.0. The van der Waals surface area contributed by atoms with Crippen molar-refractivity contribution in [1.82, 2.24) is 25.2 Å². The Morgan fingerprint density at radius 3 is 2.45 bits per heavy atom. The first kappa shape index (κ1) is 23.6. The molecular formula is C23H40N6O2. The quantitative estimate of drug-likeness (QED) is 0.549. The third-order valence-electron chi connectivity index (χ3n) is 6.14. The largest absolute Gasteiger partial charge is 0.359 e. The molecule has 0 saturated carbocycles. The second-order valence-electron chi connectivity index (χ2n) is 9.55. The lowest BCUT2D eigenvalue weighted by Gasteiger charge is -2.39. The van der Waals surface area contributed by atoms with Crippen LogP contribution in [0.3, 0.4) is 0 Å². The zero-order valence-electron chi connectivity index (χ0n) is 19.9. The van der Waals surface area contributed by atoms with Crippen molar-refractivity contribution < 1.29 is 9.32 Å². The van der Waals surface area contributed by atoms with Gasteiger partial charge in [0, 0.05) is 51.9 Å². The number of aliphatic imine (C=N–C) groups is 1. The molecule has 1 aromatic heterocycles. The number of hydrogen-bond donors (Lipinski definition) is 1. The summed E-state index contributed by atoms with van der Waals surface area (Å²) >= 11 is 0. The van der Waals surface area contributed by atoms with E-state index in [0.29, 0.717) is 30.8 Å². The molecule has 0 spiro atoms. The highest BCUT2D eigenvalue weighted by atomic mass is 16.5. The third kappa shape index (κ3) is 6.69. The number of aromatic nitrogens is 1. The molecule has 3 rings (SSSR count). The van der Waals surface area contributed by atoms with Gasteiger partial charge in [-0.15, -0.1) is 0 Å². The minimum Gasteiger partial charge on any atom is -0.359 e. The fraction of sp³-hybridized carbons (Fsp3) is 0.783. The molecule has 0 bridgehead atoms. The maximum atomic E-state index is 12.8. The lowest BCUT2D eigenvalue weighted by Crippen LogP contribution is -2.55. The first-order chi connectivity index (χ1) is 14.9. The molecule has 2 fully saturated rings. The fourth-order valence-corrected chi connectivity index (χ4v) is 4.53. The molecule has 2 saturated heterocycles. The van der Waals surface area contributed by atoms with Crippen molar-refractivity contribution in [3.8, 4) is 0 Å². The van der Waals surface area contributed by atoms with Gasteiger partial charge in [0.2, 0.25) is 5.91 Å². The molecule has 2 atom stereocenters. The van der Waals surface area contributed by atoms with Gasteiger partial charge in [-0.05, 0) is 31.1 Å². The highest BCUT2D eigenvalue weighted by molar-refractivity contribution is 5.80. The van der Waals surface area contributed by atoms with E-state index in [9.17, 15) is 4.79 Å². The number of nitrogens with one attached hydrogen (secondary N) is 1. The highest BCUT2D eigenvalue weighted by Gasteiger charge is 2.28. The van der Waals surface area contributed by atoms with Crippen LogP contribution >= 0.6 is 0 Å². The van der Waals surface area contributed by atoms with Gasteiger partial charge >= 0.3 is 0 Å². The van der Waals surface area contributed by atoms with Crippen molar-refractivity contribution in [2.75, 3.05) is 52.4 Å². The predicted molar refractivity (Wildman–Crippen MR) is 123 cm³/mol. The topological polar surface area (TPSA) is 77.2 Å². The van der Waals surface area contributed by atoms with E-state index in [4.69, 9.17) is 9.52 Å². The Kier molecular flexibility index (Phi) is 8.35. The van der Waals surface area contributed by atoms with Crippen LogP contribution in [0.1, 0.15) is 58.4 Å². The fourth-order valence-electron chi connectivity index (χ4n) is 4.53. The molecule has 1 N–H and O–H groups in total. The summed E-state index contributed by atoms with van der Waals surface area (Å²) in [5, 5.41) is 7.51. The number of piperazine rings is 1. The maximum absolute atomic E-state index is 12.8. The van der Waals surface area contributed by atoms with Crippen LogP contribution in [-0.2, 0) is 11.3 Å². The zero-order chi connectivity index (χ0) is 22.4. The molecule has 2 aliphatic rings. The summed E-state index contributed by atoms with van der Waals surface area (Å²) in [6.07, 6.45) is 1.22. The minimum absolute atomic E-state index is 0.277. The van der Waals surface area contributed by atoms with Gasteiger partial charge in [-0.2, -0.15) is 0 Å². The van der Waals surface area contributed by atoms with Gasteiger partial charge in [0.25, 0.3) is 0 Å². The molecule has 1 amide bonds. The van der Waals surface area contributed by atoms with Gasteiger partial charge in [-0.1, -0.05) is 32.9 Å². The summed E-state index contributed by atoms with van der Waals surface area (Å²) in [7, 11) is 0. The molecule has 0 aliphatic carbocycles. The molecule has 174 valence electrons. The van der Waals surface area contributed by atoms with Crippen molar-refractivity contribution in [1.29, 1.82) is 0 Å². The first-order valence-electron chi connectivity index (χ1n) is 11.8. The molecule has 1 aromatic rings. The Balaban J connectivity index is 1.50. The SMILES string of the molecule is CCNC(=NCc1cc(C(C)C)no1)N1CCN(CC(=O)N2CC(C)CC(C)C2)CC1. The lowest BCUT2D eigenvalue weighted by atomic mass is 9.92. The van der Waals surface area contributed by atoms with E-state index in [-0.39, 0.29) is 5.91 Å². The number of likely N-dealkylation sites (tertiary alicyclic amines) is 1. The van der Waals surface area contributed by atoms with Crippen molar-refractivity contribution >= 4 is 11.9 Å². The standard InChI is InChI=1S/C23H40N6O2/c1-6-24-23(25-13-20-12-21(17(2)3)26-31-20)28-9-7-27(8-10-28)16-22(30)29-14-18(4)11-19(5)15-29/h12,17-19H,6-11,13-16H2,1-5H3,(H,24,25). The van der Waals surface area contributed by atoms with E-state index in [1.165, 1.54) is 6.42 Å². The molecule has 2 unspecified atom stereocenters. The molecule has 31 heavy (non-hydrogen) atoms. The summed E-state index contributed by atoms with van der Waals surface area (Å²) in [5.41, 5.74) is 0.964. The summed E-state index contributed by atoms with van der Waals surface area (Å²) in [6.45, 7) is 17.9. The Labute approximate surface area is 187 Å². The second-order valence-corrected chi connectivity index (χ2v) is 9.55. The number of hydrogen-bond acceptors (Lipinski definition) is 5. The van der Waals surface area contributed by atoms with Crippen molar-refractivity contribution in [3.05, 3.63) is 17.5 Å². The van der Waals surface area contributed by atoms with E-state index >= 15 is 0 Å². The van der Waals surface area contributed by atoms with Crippen molar-refractivity contribution in [2.24, 2.45) is 16.8 Å². The summed E-state index contributed by atoms with van der Waals surface area (Å²) in [6, 6.07) is 1.99. The smallest absolute Gasteiger partial charge is 0.236 e. The van der Waals surface area contributed by atoms with Crippen LogP contribution in [0.15, 0.2) is 15.6 Å². The molecule has 2 aliphatic heterocycles. The number of piperidine rings is 1. The molecule has 3 heterocycles. The normalized spacial score (nSPS) is 23.5. The Bertz CT molecular complexity index is 728. The molecule has 0 radical (unpaired) electrons. The van der Waals surface area contributed by atoms with Crippen LogP contribution in [-0.4, -0.2) is 84.1 Å². The van der Waals surface area contributed by atoms with E-state index < -0.39 is 0 Å². The molecule has 8 heteroatoms. The highest BCUT2D eigenvalue weighted by Crippen LogP contribution is 2.21. The monoisotopic (exact) mass is 432 g/mol. The van der Waals surface area contributed by atoms with Crippen molar-refractivity contribution in [3.63, 3.8) is 0 Å². The number of guanidine groups is 1. The van der Waals surface area contributed by atoms with Gasteiger partial charge in [-0.3, -0.25) is 9.69 Å². The lowest BCUT2D eigenvalue weighted by molar-refractivity contribution is -0.135. The molecule has 8 nitrogen and oxygen atoms in total. The number of carbonyl (C=O) groups excluding carboxylic acids is 1. The van der Waals surface area contributed by atoms with Crippen LogP contribution in [0.5, 0.6) is 0 Å². The van der Waals surface area contributed by atoms with E-state index in [0.717, 1.165) is 63.2 Å². The summed E-state index contributed by atoms with van der Waals surface area (Å²) in [4.78, 5) is 24.2. The average molecular weight is 433 g/mol. The Hall–Kier alpha value is -2.09. The Morgan fingerprint density at radius 2 is 1.87 bits per heavy atom. The van der Waals surface area contributed by atoms with E-state index in [2.05, 4.69) is 59.8 Å². The number of rotatable bonds is 6. The van der Waals surface area contributed by atoms with Crippen LogP contribution in [0.2, 0.25) is 0 Å². The Morgan fingerprint density at radius 1 is 1.19 bits per heavy atom. The van der Waals surface area contributed by atoms with Gasteiger partial charge in [0.1, 0.15) is 6.54 Å². The molecular weight excluding hydrogens is 392 g/mol. The van der Waals surface area contributed by atoms with Gasteiger partial charge in [-0.25, -0.2) is 4.99 Å². The average Bonchev–Trinajstić information content (AvgIpc) is 3.20. The van der Waals surface area contributed by atoms with Crippen LogP contribution in [0.4, 0.5) is 0 Å². The number of amides is 1. The maximum Gasteiger partial charge on any atom is 0.236 e. The summed E-state index contributed by atoms with van der Waals surface area (Å²) in [5.74, 6) is 3.51. The number of nitrogens with zero attached hydrogens (tertiary/aromatic N) is 5. The third-order valence-corrected chi connectivity index (χ3v) is 6.14. The van der Waals surface area contributed by atoms with Gasteiger partial charge < -0.3 is 19.6 Å². The van der Waals surface area contributed by atoms with Crippen molar-refractivity contribution in [2.45, 2.75) is 53.5 Å². The first-order valence-corrected chi connectivity index (χ1v) is 11.8. The van der Waals surface area contributed by atoms with Gasteiger partial charge in [0.05, 0.1) is 12.2 Å². The van der Waals surface area contributed by atoms with E-state index in [1.807, 2.05) is 6.07 Å². The van der Waals surface area contributed by atoms with Crippen LogP contribution in [0.25, 0.3) is 0 Å². The predicted octanol–water partition coefficient (Wildman–Crippen LogP) is 2.39. The summed E-state index contributed by atoms with van der Waals surface area (Å²) < 4.78 is 5.42. The van der Waals surface area contributed by atoms with E-state index in [1.54, 1.807) is 0 Å². The van der Waals surface area contributed by atoms with Gasteiger partial charge in [0.15, 0.2) is 11.7 Å². The minimum atomic E-state index is 0.277.